The molecule has 0 heterocycles. The third kappa shape index (κ3) is 24.8. The van der Waals surface area contributed by atoms with Crippen LogP contribution in [0.5, 0.6) is 0 Å². The summed E-state index contributed by atoms with van der Waals surface area (Å²) in [5.74, 6) is 0. The van der Waals surface area contributed by atoms with Gasteiger partial charge in [0, 0.05) is 20.4 Å². The fraction of sp³-hybridized carbons (Fsp3) is 0.333. The van der Waals surface area contributed by atoms with Crippen LogP contribution in [0, 0.1) is 6.08 Å². The average Bonchev–Trinajstić information content (AvgIpc) is 1.88. The molecule has 10 heavy (non-hydrogen) atoms. The second-order valence-electron chi connectivity index (χ2n) is 1.36. The maximum Gasteiger partial charge on any atom is 0 e. The first-order valence-corrected chi connectivity index (χ1v) is 3.13. The Morgan fingerprint density at radius 1 is 1.40 bits per heavy atom. The predicted octanol–water partition coefficient (Wildman–Crippen LogP) is 3.13. The van der Waals surface area contributed by atoms with Crippen molar-refractivity contribution in [2.75, 3.05) is 0 Å². The molecule has 0 aromatic carbocycles. The first-order chi connectivity index (χ1) is 4.27. The zero-order valence-electron chi connectivity index (χ0n) is 6.95. The van der Waals surface area contributed by atoms with E-state index in [4.69, 9.17) is 0 Å². The molecular weight excluding hydrogens is 294 g/mol. The number of rotatable bonds is 2. The number of allylic oxidation sites excluding steroid dienone is 4. The van der Waals surface area contributed by atoms with Gasteiger partial charge in [-0.05, 0) is 0 Å². The van der Waals surface area contributed by atoms with Crippen molar-refractivity contribution in [2.45, 2.75) is 20.8 Å². The Bertz CT molecular complexity index is 101. The molecule has 0 fully saturated rings. The van der Waals surface area contributed by atoms with E-state index in [1.807, 2.05) is 20.8 Å². The van der Waals surface area contributed by atoms with Crippen LogP contribution in [0.2, 0.25) is 0 Å². The third-order valence-electron chi connectivity index (χ3n) is 0.448. The van der Waals surface area contributed by atoms with E-state index < -0.39 is 0 Å². The first-order valence-electron chi connectivity index (χ1n) is 3.13. The minimum atomic E-state index is 0. The van der Waals surface area contributed by atoms with Gasteiger partial charge >= 0.3 is 0 Å². The number of hydrogen-bond acceptors (Lipinski definition) is 0. The van der Waals surface area contributed by atoms with Gasteiger partial charge in [0.25, 0.3) is 0 Å². The van der Waals surface area contributed by atoms with Crippen molar-refractivity contribution in [1.29, 1.82) is 0 Å². The second kappa shape index (κ2) is 15.9. The molecule has 0 aromatic heterocycles. The summed E-state index contributed by atoms with van der Waals surface area (Å²) in [6.45, 7) is 13.0. The van der Waals surface area contributed by atoms with Crippen LogP contribution in [-0.2, 0) is 20.4 Å². The van der Waals surface area contributed by atoms with Gasteiger partial charge in [0.15, 0.2) is 0 Å². The van der Waals surface area contributed by atoms with Gasteiger partial charge in [0.1, 0.15) is 0 Å². The average molecular weight is 309 g/mol. The van der Waals surface area contributed by atoms with Crippen LogP contribution in [0.3, 0.4) is 0 Å². The Balaban J connectivity index is -0.000000149. The molecule has 0 N–H and O–H groups in total. The summed E-state index contributed by atoms with van der Waals surface area (Å²) < 4.78 is 0. The first kappa shape index (κ1) is 16.5. The van der Waals surface area contributed by atoms with Crippen molar-refractivity contribution in [3.05, 3.63) is 37.0 Å². The van der Waals surface area contributed by atoms with Gasteiger partial charge in [-0.3, -0.25) is 0 Å². The Labute approximate surface area is 78.4 Å². The minimum Gasteiger partial charge on any atom is -0.194 e. The van der Waals surface area contributed by atoms with Crippen LogP contribution in [0.1, 0.15) is 20.8 Å². The molecule has 0 nitrogen and oxygen atoms in total. The molecule has 0 rings (SSSR count). The second-order valence-corrected chi connectivity index (χ2v) is 1.36. The molecule has 0 atom stereocenters. The zero-order valence-corrected chi connectivity index (χ0v) is 9.66. The molecule has 1 heteroatoms. The summed E-state index contributed by atoms with van der Waals surface area (Å²) >= 11 is 0. The standard InChI is InChI=1S/C7H9.C2H6.Re/c1-4-5-6-7(2)3;1-2;/h4,6H,1-2H2,3H3;1-2H3;/q-1;;. The Kier molecular flexibility index (Phi) is 26.3. The van der Waals surface area contributed by atoms with Gasteiger partial charge < -0.3 is 0 Å². The Morgan fingerprint density at radius 2 is 1.80 bits per heavy atom. The molecule has 0 bridgehead atoms. The molecule has 0 saturated carbocycles. The molecule has 0 spiro atoms. The predicted molar refractivity (Wildman–Crippen MR) is 44.2 cm³/mol. The minimum absolute atomic E-state index is 0. The maximum absolute atomic E-state index is 3.63. The van der Waals surface area contributed by atoms with Gasteiger partial charge in [0.2, 0.25) is 0 Å². The van der Waals surface area contributed by atoms with Gasteiger partial charge in [-0.2, -0.15) is 37.0 Å². The molecular formula is C9H15Re-. The van der Waals surface area contributed by atoms with Crippen LogP contribution in [0.15, 0.2) is 30.9 Å². The normalized spacial score (nSPS) is 7.10. The topological polar surface area (TPSA) is 0 Å². The molecule has 0 aliphatic rings. The van der Waals surface area contributed by atoms with Gasteiger partial charge in [-0.15, -0.1) is 0 Å². The van der Waals surface area contributed by atoms with Gasteiger partial charge in [-0.1, -0.05) is 20.8 Å². The number of hydrogen-bond donors (Lipinski definition) is 0. The van der Waals surface area contributed by atoms with Crippen molar-refractivity contribution in [1.82, 2.24) is 0 Å². The maximum atomic E-state index is 3.63. The fourth-order valence-electron chi connectivity index (χ4n) is 0.201. The summed E-state index contributed by atoms with van der Waals surface area (Å²) in [7, 11) is 0. The zero-order chi connectivity index (χ0) is 7.70. The van der Waals surface area contributed by atoms with Crippen molar-refractivity contribution < 1.29 is 20.4 Å². The molecule has 0 aromatic rings. The van der Waals surface area contributed by atoms with E-state index in [0.717, 1.165) is 5.57 Å². The summed E-state index contributed by atoms with van der Waals surface area (Å²) in [6, 6.07) is 0. The largest absolute Gasteiger partial charge is 0.194 e. The van der Waals surface area contributed by atoms with Gasteiger partial charge in [-0.25, -0.2) is 0 Å². The van der Waals surface area contributed by atoms with E-state index in [-0.39, 0.29) is 20.4 Å². The van der Waals surface area contributed by atoms with Crippen molar-refractivity contribution in [3.63, 3.8) is 0 Å². The summed E-state index contributed by atoms with van der Waals surface area (Å²) in [5.41, 5.74) is 1.000. The molecule has 0 aliphatic carbocycles. The molecule has 0 unspecified atom stereocenters. The molecule has 0 aliphatic heterocycles. The van der Waals surface area contributed by atoms with Crippen molar-refractivity contribution >= 4 is 0 Å². The van der Waals surface area contributed by atoms with Crippen LogP contribution in [-0.4, -0.2) is 0 Å². The molecule has 0 amide bonds. The van der Waals surface area contributed by atoms with Crippen LogP contribution in [0.4, 0.5) is 0 Å². The quantitative estimate of drug-likeness (QED) is 0.543. The Hall–Kier alpha value is -0.118. The molecule has 59 valence electrons. The van der Waals surface area contributed by atoms with E-state index in [0.29, 0.717) is 0 Å². The summed E-state index contributed by atoms with van der Waals surface area (Å²) in [4.78, 5) is 0. The SMILES string of the molecule is C=C[C-]=CC(=C)C.CC.[Re]. The van der Waals surface area contributed by atoms with E-state index >= 15 is 0 Å². The van der Waals surface area contributed by atoms with E-state index in [1.165, 1.54) is 0 Å². The fourth-order valence-corrected chi connectivity index (χ4v) is 0.201. The van der Waals surface area contributed by atoms with Crippen molar-refractivity contribution in [2.24, 2.45) is 0 Å². The Morgan fingerprint density at radius 3 is 1.90 bits per heavy atom. The van der Waals surface area contributed by atoms with Crippen molar-refractivity contribution in [3.8, 4) is 0 Å². The van der Waals surface area contributed by atoms with Crippen LogP contribution >= 0.6 is 0 Å². The molecule has 1 radical (unpaired) electrons. The van der Waals surface area contributed by atoms with Crippen LogP contribution < -0.4 is 0 Å². The van der Waals surface area contributed by atoms with Gasteiger partial charge in [0.05, 0.1) is 0 Å². The van der Waals surface area contributed by atoms with E-state index in [2.05, 4.69) is 19.2 Å². The summed E-state index contributed by atoms with van der Waals surface area (Å²) in [5, 5.41) is 0. The van der Waals surface area contributed by atoms with E-state index in [1.54, 1.807) is 12.2 Å². The third-order valence-corrected chi connectivity index (χ3v) is 0.448. The van der Waals surface area contributed by atoms with Crippen LogP contribution in [0.25, 0.3) is 0 Å². The van der Waals surface area contributed by atoms with E-state index in [9.17, 15) is 0 Å². The molecule has 0 saturated heterocycles. The monoisotopic (exact) mass is 310 g/mol. The smallest absolute Gasteiger partial charge is 0 e. The summed E-state index contributed by atoms with van der Waals surface area (Å²) in [6.07, 6.45) is 6.18.